The zero-order chi connectivity index (χ0) is 28.9. The molecule has 1 saturated carbocycles. The van der Waals surface area contributed by atoms with Crippen LogP contribution in [0.4, 0.5) is 13.2 Å². The number of nitrogens with zero attached hydrogens (tertiary/aromatic N) is 3. The average molecular weight is 564 g/mol. The van der Waals surface area contributed by atoms with Crippen LogP contribution < -0.4 is 0 Å². The average Bonchev–Trinajstić information content (AvgIpc) is 3.58. The van der Waals surface area contributed by atoms with Gasteiger partial charge in [-0.25, -0.2) is 18.8 Å². The number of aromatic nitrogens is 3. The van der Waals surface area contributed by atoms with E-state index in [-0.39, 0.29) is 11.9 Å². The van der Waals surface area contributed by atoms with Crippen LogP contribution in [0.3, 0.4) is 0 Å². The van der Waals surface area contributed by atoms with Crippen LogP contribution in [-0.2, 0) is 21.1 Å². The molecule has 1 amide bonds. The van der Waals surface area contributed by atoms with Crippen molar-refractivity contribution in [2.75, 3.05) is 6.26 Å². The molecule has 3 aromatic rings. The molecule has 2 aromatic heterocycles. The molecule has 3 heterocycles. The summed E-state index contributed by atoms with van der Waals surface area (Å²) < 4.78 is 52.9. The maximum absolute atomic E-state index is 13.3. The van der Waals surface area contributed by atoms with E-state index in [0.29, 0.717) is 34.4 Å². The van der Waals surface area contributed by atoms with E-state index in [1.165, 1.54) is 6.26 Å². The van der Waals surface area contributed by atoms with Crippen LogP contribution >= 0.6 is 0 Å². The molecule has 1 aliphatic heterocycles. The number of alkyl halides is 3. The van der Waals surface area contributed by atoms with Crippen molar-refractivity contribution >= 4 is 21.6 Å². The second kappa shape index (κ2) is 10.1. The van der Waals surface area contributed by atoms with E-state index < -0.39 is 21.9 Å². The third kappa shape index (κ3) is 5.97. The van der Waals surface area contributed by atoms with Crippen LogP contribution in [0.5, 0.6) is 0 Å². The van der Waals surface area contributed by atoms with Gasteiger partial charge in [-0.15, -0.1) is 0 Å². The van der Waals surface area contributed by atoms with Crippen molar-refractivity contribution < 1.29 is 32.1 Å². The molecule has 1 fully saturated rings. The van der Waals surface area contributed by atoms with Crippen molar-refractivity contribution in [3.8, 4) is 22.6 Å². The SMILES string of the molecule is Cc1nc(-c2cc(-c3cc4c(c(S(C)(=N)=O)c3)C(=O)N([C@@H](C)C3CC3)C4)ccn2)[nH]c1C.O=C(O)C(F)(F)F. The van der Waals surface area contributed by atoms with Gasteiger partial charge in [0.15, 0.2) is 5.82 Å². The Kier molecular flexibility index (Phi) is 7.32. The van der Waals surface area contributed by atoms with E-state index in [1.807, 2.05) is 36.9 Å². The van der Waals surface area contributed by atoms with Gasteiger partial charge in [0.25, 0.3) is 5.91 Å². The number of carbonyl (C=O) groups is 2. The second-order valence-electron chi connectivity index (χ2n) is 9.89. The quantitative estimate of drug-likeness (QED) is 0.391. The summed E-state index contributed by atoms with van der Waals surface area (Å²) in [4.78, 5) is 36.6. The summed E-state index contributed by atoms with van der Waals surface area (Å²) in [7, 11) is -3.09. The summed E-state index contributed by atoms with van der Waals surface area (Å²) in [5.74, 6) is -1.61. The van der Waals surface area contributed by atoms with Crippen molar-refractivity contribution in [3.05, 3.63) is 53.0 Å². The van der Waals surface area contributed by atoms with Gasteiger partial charge in [0, 0.05) is 30.7 Å². The fourth-order valence-corrected chi connectivity index (χ4v) is 5.44. The third-order valence-electron chi connectivity index (χ3n) is 6.92. The lowest BCUT2D eigenvalue weighted by atomic mass is 10.0. The second-order valence-corrected chi connectivity index (χ2v) is 12.0. The van der Waals surface area contributed by atoms with Gasteiger partial charge in [-0.1, -0.05) is 0 Å². The maximum atomic E-state index is 13.3. The molecule has 0 radical (unpaired) electrons. The summed E-state index contributed by atoms with van der Waals surface area (Å²) in [6.45, 7) is 6.51. The lowest BCUT2D eigenvalue weighted by Crippen LogP contribution is -2.35. The lowest BCUT2D eigenvalue weighted by molar-refractivity contribution is -0.192. The Morgan fingerprint density at radius 3 is 2.38 bits per heavy atom. The molecule has 1 unspecified atom stereocenters. The molecule has 2 aliphatic rings. The number of nitrogens with one attached hydrogen (secondary N) is 2. The highest BCUT2D eigenvalue weighted by Gasteiger charge is 2.40. The summed E-state index contributed by atoms with van der Waals surface area (Å²) in [5, 5.41) is 7.12. The highest BCUT2D eigenvalue weighted by Crippen LogP contribution is 2.41. The fraction of sp³-hybridized carbons (Fsp3) is 0.385. The number of H-pyrrole nitrogens is 1. The number of fused-ring (bicyclic) bond motifs is 1. The van der Waals surface area contributed by atoms with Crippen molar-refractivity contribution in [2.24, 2.45) is 5.92 Å². The lowest BCUT2D eigenvalue weighted by Gasteiger charge is -2.24. The van der Waals surface area contributed by atoms with E-state index in [1.54, 1.807) is 12.3 Å². The Labute approximate surface area is 223 Å². The number of hydrogen-bond donors (Lipinski definition) is 3. The monoisotopic (exact) mass is 563 g/mol. The Morgan fingerprint density at radius 1 is 1.23 bits per heavy atom. The molecule has 2 atom stereocenters. The summed E-state index contributed by atoms with van der Waals surface area (Å²) in [6.07, 6.45) is 0.322. The molecule has 0 bridgehead atoms. The van der Waals surface area contributed by atoms with Gasteiger partial charge in [-0.3, -0.25) is 9.78 Å². The number of aromatic amines is 1. The maximum Gasteiger partial charge on any atom is 0.490 e. The number of pyridine rings is 1. The summed E-state index contributed by atoms with van der Waals surface area (Å²) in [5.41, 5.74) is 5.65. The largest absolute Gasteiger partial charge is 0.490 e. The van der Waals surface area contributed by atoms with Crippen LogP contribution in [0.15, 0.2) is 35.4 Å². The number of carbonyl (C=O) groups excluding carboxylic acids is 1. The standard InChI is InChI=1S/C24H27N5O2S.C2HF3O2/c1-13-14(2)28-23(27-13)20-10-17(7-8-26-20)18-9-19-12-29(15(3)16-5-6-16)24(30)22(19)21(11-18)32(4,25)31;3-2(4,5)1(6)7/h7-11,15-16,25H,5-6,12H2,1-4H3,(H,27,28);(H,6,7)/t15-,32?;/m0./s1. The molecular formula is C26H28F3N5O4S. The number of carboxylic acid groups (broad SMARTS) is 1. The number of rotatable bonds is 5. The predicted octanol–water partition coefficient (Wildman–Crippen LogP) is 5.18. The first-order valence-corrected chi connectivity index (χ1v) is 14.1. The molecule has 1 aromatic carbocycles. The van der Waals surface area contributed by atoms with Crippen molar-refractivity contribution in [1.29, 1.82) is 4.78 Å². The van der Waals surface area contributed by atoms with Crippen LogP contribution in [0.25, 0.3) is 22.6 Å². The van der Waals surface area contributed by atoms with Crippen LogP contribution in [0.1, 0.15) is 47.1 Å². The first-order valence-electron chi connectivity index (χ1n) is 12.1. The van der Waals surface area contributed by atoms with Gasteiger partial charge in [-0.05, 0) is 80.5 Å². The number of amides is 1. The number of aryl methyl sites for hydroxylation is 2. The molecule has 1 aliphatic carbocycles. The number of halogens is 3. The molecule has 13 heteroatoms. The van der Waals surface area contributed by atoms with Crippen LogP contribution in [0, 0.1) is 24.5 Å². The Balaban J connectivity index is 0.000000448. The molecule has 9 nitrogen and oxygen atoms in total. The van der Waals surface area contributed by atoms with Gasteiger partial charge in [0.05, 0.1) is 25.9 Å². The number of imidazole rings is 1. The van der Waals surface area contributed by atoms with Gasteiger partial charge in [0.1, 0.15) is 5.69 Å². The first-order chi connectivity index (χ1) is 18.1. The third-order valence-corrected chi connectivity index (χ3v) is 8.08. The minimum absolute atomic E-state index is 0.0975. The van der Waals surface area contributed by atoms with E-state index in [2.05, 4.69) is 21.9 Å². The Hall–Kier alpha value is -3.74. The number of benzene rings is 1. The van der Waals surface area contributed by atoms with E-state index in [0.717, 1.165) is 40.9 Å². The Morgan fingerprint density at radius 2 is 1.87 bits per heavy atom. The normalized spacial score (nSPS) is 17.2. The minimum atomic E-state index is -5.08. The van der Waals surface area contributed by atoms with E-state index in [4.69, 9.17) is 14.7 Å². The van der Waals surface area contributed by atoms with Crippen molar-refractivity contribution in [3.63, 3.8) is 0 Å². The molecule has 5 rings (SSSR count). The van der Waals surface area contributed by atoms with E-state index >= 15 is 0 Å². The molecule has 208 valence electrons. The smallest absolute Gasteiger partial charge is 0.475 e. The molecular weight excluding hydrogens is 535 g/mol. The number of carboxylic acids is 1. The van der Waals surface area contributed by atoms with Crippen LogP contribution in [-0.4, -0.2) is 59.5 Å². The van der Waals surface area contributed by atoms with Crippen molar-refractivity contribution in [1.82, 2.24) is 19.9 Å². The highest BCUT2D eigenvalue weighted by molar-refractivity contribution is 7.91. The van der Waals surface area contributed by atoms with Gasteiger partial charge >= 0.3 is 12.1 Å². The Bertz CT molecular complexity index is 1540. The molecule has 0 saturated heterocycles. The van der Waals surface area contributed by atoms with E-state index in [9.17, 15) is 22.2 Å². The molecule has 0 spiro atoms. The van der Waals surface area contributed by atoms with Gasteiger partial charge in [-0.2, -0.15) is 13.2 Å². The molecule has 39 heavy (non-hydrogen) atoms. The highest BCUT2D eigenvalue weighted by atomic mass is 32.2. The minimum Gasteiger partial charge on any atom is -0.475 e. The molecule has 3 N–H and O–H groups in total. The zero-order valence-electron chi connectivity index (χ0n) is 21.7. The first kappa shape index (κ1) is 28.3. The summed E-state index contributed by atoms with van der Waals surface area (Å²) >= 11 is 0. The van der Waals surface area contributed by atoms with Crippen molar-refractivity contribution in [2.45, 2.75) is 57.3 Å². The van der Waals surface area contributed by atoms with Gasteiger partial charge < -0.3 is 15.0 Å². The summed E-state index contributed by atoms with van der Waals surface area (Å²) in [6, 6.07) is 7.73. The topological polar surface area (TPSA) is 140 Å². The van der Waals surface area contributed by atoms with Crippen LogP contribution in [0.2, 0.25) is 0 Å². The predicted molar refractivity (Wildman–Crippen MR) is 138 cm³/mol. The fourth-order valence-electron chi connectivity index (χ4n) is 4.48. The zero-order valence-corrected chi connectivity index (χ0v) is 22.5. The number of hydrogen-bond acceptors (Lipinski definition) is 6. The number of aliphatic carboxylic acids is 1. The van der Waals surface area contributed by atoms with Gasteiger partial charge in [0.2, 0.25) is 0 Å².